The maximum atomic E-state index is 6.00. The lowest BCUT2D eigenvalue weighted by molar-refractivity contribution is 0.761. The van der Waals surface area contributed by atoms with Crippen molar-refractivity contribution in [2.24, 2.45) is 0 Å². The molecule has 0 radical (unpaired) electrons. The van der Waals surface area contributed by atoms with Gasteiger partial charge in [-0.05, 0) is 24.6 Å². The first-order valence-electron chi connectivity index (χ1n) is 6.73. The SMILES string of the molecule is Cc1c(N)nc(C(C)C)nc1N(C)Cc1ccncc1. The van der Waals surface area contributed by atoms with Gasteiger partial charge in [-0.2, -0.15) is 0 Å². The molecule has 0 saturated heterocycles. The molecule has 0 atom stereocenters. The van der Waals surface area contributed by atoms with E-state index < -0.39 is 0 Å². The summed E-state index contributed by atoms with van der Waals surface area (Å²) in [5, 5.41) is 0. The molecule has 0 amide bonds. The molecule has 0 saturated carbocycles. The van der Waals surface area contributed by atoms with Crippen LogP contribution in [-0.2, 0) is 6.54 Å². The molecule has 5 heteroatoms. The van der Waals surface area contributed by atoms with E-state index in [-0.39, 0.29) is 5.92 Å². The zero-order valence-electron chi connectivity index (χ0n) is 12.5. The molecule has 106 valence electrons. The van der Waals surface area contributed by atoms with Gasteiger partial charge < -0.3 is 10.6 Å². The standard InChI is InChI=1S/C15H21N5/c1-10(2)14-18-13(16)11(3)15(19-14)20(4)9-12-5-7-17-8-6-12/h5-8,10H,9H2,1-4H3,(H2,16,18,19). The normalized spacial score (nSPS) is 10.8. The number of hydrogen-bond donors (Lipinski definition) is 1. The predicted octanol–water partition coefficient (Wildman–Crippen LogP) is 2.52. The number of hydrogen-bond acceptors (Lipinski definition) is 5. The molecule has 2 aromatic rings. The first kappa shape index (κ1) is 14.2. The van der Waals surface area contributed by atoms with E-state index in [0.717, 1.165) is 23.8 Å². The fourth-order valence-electron chi connectivity index (χ4n) is 2.01. The third-order valence-electron chi connectivity index (χ3n) is 3.22. The van der Waals surface area contributed by atoms with Crippen LogP contribution in [0.5, 0.6) is 0 Å². The average molecular weight is 271 g/mol. The van der Waals surface area contributed by atoms with Gasteiger partial charge in [-0.3, -0.25) is 4.98 Å². The summed E-state index contributed by atoms with van der Waals surface area (Å²) in [6.45, 7) is 6.85. The van der Waals surface area contributed by atoms with Crippen molar-refractivity contribution in [3.63, 3.8) is 0 Å². The molecule has 0 aliphatic carbocycles. The summed E-state index contributed by atoms with van der Waals surface area (Å²) < 4.78 is 0. The molecule has 0 aliphatic rings. The van der Waals surface area contributed by atoms with Crippen LogP contribution in [0.2, 0.25) is 0 Å². The fourth-order valence-corrected chi connectivity index (χ4v) is 2.01. The highest BCUT2D eigenvalue weighted by molar-refractivity contribution is 5.56. The average Bonchev–Trinajstić information content (AvgIpc) is 2.42. The number of rotatable bonds is 4. The lowest BCUT2D eigenvalue weighted by atomic mass is 10.2. The van der Waals surface area contributed by atoms with Crippen LogP contribution in [0, 0.1) is 6.92 Å². The Hall–Kier alpha value is -2.17. The molecule has 2 heterocycles. The molecule has 20 heavy (non-hydrogen) atoms. The minimum Gasteiger partial charge on any atom is -0.383 e. The van der Waals surface area contributed by atoms with Crippen molar-refractivity contribution in [2.45, 2.75) is 33.2 Å². The molecular weight excluding hydrogens is 250 g/mol. The number of nitrogens with two attached hydrogens (primary N) is 1. The van der Waals surface area contributed by atoms with Gasteiger partial charge in [-0.25, -0.2) is 9.97 Å². The summed E-state index contributed by atoms with van der Waals surface area (Å²) in [6, 6.07) is 4.00. The van der Waals surface area contributed by atoms with Gasteiger partial charge in [0, 0.05) is 37.5 Å². The first-order chi connectivity index (χ1) is 9.49. The summed E-state index contributed by atoms with van der Waals surface area (Å²) in [5.41, 5.74) is 8.11. The quantitative estimate of drug-likeness (QED) is 0.925. The Morgan fingerprint density at radius 2 is 1.85 bits per heavy atom. The van der Waals surface area contributed by atoms with Gasteiger partial charge in [0.15, 0.2) is 0 Å². The van der Waals surface area contributed by atoms with Crippen LogP contribution in [0.25, 0.3) is 0 Å². The van der Waals surface area contributed by atoms with Gasteiger partial charge in [0.05, 0.1) is 0 Å². The van der Waals surface area contributed by atoms with Gasteiger partial charge in [0.25, 0.3) is 0 Å². The Balaban J connectivity index is 2.31. The number of nitrogen functional groups attached to an aromatic ring is 1. The Morgan fingerprint density at radius 1 is 1.20 bits per heavy atom. The first-order valence-corrected chi connectivity index (χ1v) is 6.73. The van der Waals surface area contributed by atoms with Crippen molar-refractivity contribution in [1.82, 2.24) is 15.0 Å². The van der Waals surface area contributed by atoms with E-state index in [2.05, 4.69) is 33.7 Å². The second-order valence-corrected chi connectivity index (χ2v) is 5.28. The number of pyridine rings is 1. The van der Waals surface area contributed by atoms with E-state index in [1.54, 1.807) is 12.4 Å². The second-order valence-electron chi connectivity index (χ2n) is 5.28. The largest absolute Gasteiger partial charge is 0.383 e. The predicted molar refractivity (Wildman–Crippen MR) is 81.6 cm³/mol. The summed E-state index contributed by atoms with van der Waals surface area (Å²) in [4.78, 5) is 15.1. The van der Waals surface area contributed by atoms with Crippen LogP contribution in [0.3, 0.4) is 0 Å². The van der Waals surface area contributed by atoms with Crippen molar-refractivity contribution in [3.05, 3.63) is 41.5 Å². The van der Waals surface area contributed by atoms with Crippen LogP contribution in [0.4, 0.5) is 11.6 Å². The van der Waals surface area contributed by atoms with Gasteiger partial charge in [-0.1, -0.05) is 13.8 Å². The van der Waals surface area contributed by atoms with Crippen molar-refractivity contribution in [3.8, 4) is 0 Å². The number of aromatic nitrogens is 3. The van der Waals surface area contributed by atoms with Gasteiger partial charge in [0.2, 0.25) is 0 Å². The fraction of sp³-hybridized carbons (Fsp3) is 0.400. The van der Waals surface area contributed by atoms with Crippen molar-refractivity contribution in [1.29, 1.82) is 0 Å². The summed E-state index contributed by atoms with van der Waals surface area (Å²) in [5.74, 6) is 2.48. The minimum atomic E-state index is 0.256. The lowest BCUT2D eigenvalue weighted by Crippen LogP contribution is -2.21. The number of anilines is 2. The van der Waals surface area contributed by atoms with Crippen LogP contribution in [0.1, 0.15) is 36.7 Å². The Bertz CT molecular complexity index is 580. The van der Waals surface area contributed by atoms with E-state index in [1.807, 2.05) is 26.1 Å². The Kier molecular flexibility index (Phi) is 4.17. The van der Waals surface area contributed by atoms with Crippen LogP contribution in [0.15, 0.2) is 24.5 Å². The monoisotopic (exact) mass is 271 g/mol. The highest BCUT2D eigenvalue weighted by Gasteiger charge is 2.14. The molecule has 2 aromatic heterocycles. The third-order valence-corrected chi connectivity index (χ3v) is 3.22. The van der Waals surface area contributed by atoms with Crippen LogP contribution in [-0.4, -0.2) is 22.0 Å². The zero-order chi connectivity index (χ0) is 14.7. The van der Waals surface area contributed by atoms with Crippen molar-refractivity contribution < 1.29 is 0 Å². The van der Waals surface area contributed by atoms with Crippen molar-refractivity contribution >= 4 is 11.6 Å². The topological polar surface area (TPSA) is 67.9 Å². The van der Waals surface area contributed by atoms with E-state index in [4.69, 9.17) is 5.73 Å². The second kappa shape index (κ2) is 5.86. The van der Waals surface area contributed by atoms with E-state index in [0.29, 0.717) is 5.82 Å². The molecule has 0 aliphatic heterocycles. The van der Waals surface area contributed by atoms with Gasteiger partial charge in [0.1, 0.15) is 17.5 Å². The van der Waals surface area contributed by atoms with Crippen LogP contribution >= 0.6 is 0 Å². The highest BCUT2D eigenvalue weighted by Crippen LogP contribution is 2.24. The van der Waals surface area contributed by atoms with Crippen LogP contribution < -0.4 is 10.6 Å². The highest BCUT2D eigenvalue weighted by atomic mass is 15.2. The molecule has 0 fully saturated rings. The minimum absolute atomic E-state index is 0.256. The van der Waals surface area contributed by atoms with Gasteiger partial charge >= 0.3 is 0 Å². The third kappa shape index (κ3) is 3.04. The van der Waals surface area contributed by atoms with E-state index in [1.165, 1.54) is 5.56 Å². The molecule has 0 aromatic carbocycles. The molecule has 0 unspecified atom stereocenters. The molecule has 2 rings (SSSR count). The summed E-state index contributed by atoms with van der Waals surface area (Å²) in [7, 11) is 2.01. The van der Waals surface area contributed by atoms with Crippen molar-refractivity contribution in [2.75, 3.05) is 17.7 Å². The molecule has 0 bridgehead atoms. The lowest BCUT2D eigenvalue weighted by Gasteiger charge is -2.22. The maximum Gasteiger partial charge on any atom is 0.137 e. The van der Waals surface area contributed by atoms with Gasteiger partial charge in [-0.15, -0.1) is 0 Å². The zero-order valence-corrected chi connectivity index (χ0v) is 12.5. The molecule has 5 nitrogen and oxygen atoms in total. The molecular formula is C15H21N5. The molecule has 0 spiro atoms. The molecule has 2 N–H and O–H groups in total. The summed E-state index contributed by atoms with van der Waals surface area (Å²) in [6.07, 6.45) is 3.59. The Morgan fingerprint density at radius 3 is 2.45 bits per heavy atom. The maximum absolute atomic E-state index is 6.00. The van der Waals surface area contributed by atoms with E-state index >= 15 is 0 Å². The number of nitrogens with zero attached hydrogens (tertiary/aromatic N) is 4. The van der Waals surface area contributed by atoms with E-state index in [9.17, 15) is 0 Å². The summed E-state index contributed by atoms with van der Waals surface area (Å²) >= 11 is 0. The Labute approximate surface area is 119 Å². The smallest absolute Gasteiger partial charge is 0.137 e.